The van der Waals surface area contributed by atoms with Crippen molar-refractivity contribution in [2.75, 3.05) is 39.6 Å². The summed E-state index contributed by atoms with van der Waals surface area (Å²) in [7, 11) is -9.89. The van der Waals surface area contributed by atoms with Crippen molar-refractivity contribution in [3.8, 4) is 0 Å². The summed E-state index contributed by atoms with van der Waals surface area (Å²) in [5.41, 5.74) is 0. The average molecular weight is 1270 g/mol. The van der Waals surface area contributed by atoms with Crippen molar-refractivity contribution < 1.29 is 80.2 Å². The highest BCUT2D eigenvalue weighted by atomic mass is 31.2. The molecule has 17 nitrogen and oxygen atoms in total. The molecule has 0 spiro atoms. The summed E-state index contributed by atoms with van der Waals surface area (Å²) in [5.74, 6) is 0.0851. The number of carbonyl (C=O) groups excluding carboxylic acids is 4. The van der Waals surface area contributed by atoms with Crippen LogP contribution in [0.25, 0.3) is 0 Å². The van der Waals surface area contributed by atoms with Crippen LogP contribution in [-0.2, 0) is 65.4 Å². The number of phosphoric acid groups is 2. The zero-order valence-electron chi connectivity index (χ0n) is 55.8. The van der Waals surface area contributed by atoms with Gasteiger partial charge in [-0.15, -0.1) is 0 Å². The van der Waals surface area contributed by atoms with Crippen molar-refractivity contribution in [3.63, 3.8) is 0 Å². The minimum absolute atomic E-state index is 0.105. The van der Waals surface area contributed by atoms with E-state index in [-0.39, 0.29) is 25.7 Å². The molecule has 0 amide bonds. The molecule has 0 rings (SSSR count). The second kappa shape index (κ2) is 58.2. The van der Waals surface area contributed by atoms with Crippen LogP contribution in [0, 0.1) is 17.8 Å². The molecular weight excluding hydrogens is 1140 g/mol. The fraction of sp³-hybridized carbons (Fsp3) is 0.940. The zero-order valence-corrected chi connectivity index (χ0v) is 57.6. The Kier molecular flexibility index (Phi) is 56.9. The molecule has 19 heteroatoms. The van der Waals surface area contributed by atoms with E-state index in [1.165, 1.54) is 141 Å². The maximum atomic E-state index is 13.0. The topological polar surface area (TPSA) is 237 Å². The predicted molar refractivity (Wildman–Crippen MR) is 344 cm³/mol. The van der Waals surface area contributed by atoms with E-state index in [4.69, 9.17) is 37.0 Å². The van der Waals surface area contributed by atoms with Crippen LogP contribution in [0.1, 0.15) is 331 Å². The number of phosphoric ester groups is 2. The number of aliphatic hydroxyl groups is 1. The third kappa shape index (κ3) is 60.9. The van der Waals surface area contributed by atoms with Crippen LogP contribution >= 0.6 is 15.6 Å². The van der Waals surface area contributed by atoms with E-state index >= 15 is 0 Å². The van der Waals surface area contributed by atoms with E-state index in [0.717, 1.165) is 108 Å². The normalized spacial score (nSPS) is 14.3. The third-order valence-electron chi connectivity index (χ3n) is 15.4. The first-order valence-corrected chi connectivity index (χ1v) is 37.8. The van der Waals surface area contributed by atoms with Gasteiger partial charge in [0, 0.05) is 25.7 Å². The molecule has 0 fully saturated rings. The van der Waals surface area contributed by atoms with Crippen molar-refractivity contribution in [1.29, 1.82) is 0 Å². The van der Waals surface area contributed by atoms with Crippen LogP contribution in [0.3, 0.4) is 0 Å². The quantitative estimate of drug-likeness (QED) is 0.0222. The van der Waals surface area contributed by atoms with Gasteiger partial charge in [-0.2, -0.15) is 0 Å². The van der Waals surface area contributed by atoms with E-state index in [1.54, 1.807) is 0 Å². The second-order valence-electron chi connectivity index (χ2n) is 25.6. The van der Waals surface area contributed by atoms with Crippen LogP contribution < -0.4 is 0 Å². The van der Waals surface area contributed by atoms with Gasteiger partial charge in [-0.1, -0.05) is 280 Å². The number of hydrogen-bond donors (Lipinski definition) is 3. The summed E-state index contributed by atoms with van der Waals surface area (Å²) in [6.07, 6.45) is 40.3. The van der Waals surface area contributed by atoms with Crippen LogP contribution in [0.15, 0.2) is 0 Å². The fourth-order valence-corrected chi connectivity index (χ4v) is 11.6. The molecule has 5 atom stereocenters. The minimum atomic E-state index is -4.95. The van der Waals surface area contributed by atoms with Gasteiger partial charge in [0.05, 0.1) is 26.4 Å². The predicted octanol–water partition coefficient (Wildman–Crippen LogP) is 18.7. The Balaban J connectivity index is 5.26. The van der Waals surface area contributed by atoms with Crippen molar-refractivity contribution >= 4 is 39.5 Å². The number of aliphatic hydroxyl groups excluding tert-OH is 1. The molecule has 0 saturated heterocycles. The second-order valence-corrected chi connectivity index (χ2v) is 28.5. The Morgan fingerprint density at radius 3 is 0.791 bits per heavy atom. The third-order valence-corrected chi connectivity index (χ3v) is 17.3. The number of rotatable bonds is 65. The highest BCUT2D eigenvalue weighted by Crippen LogP contribution is 2.45. The first-order chi connectivity index (χ1) is 41.2. The minimum Gasteiger partial charge on any atom is -0.462 e. The lowest BCUT2D eigenvalue weighted by atomic mass is 10.0. The standard InChI is InChI=1S/C67H130O17P2/c1-8-9-10-11-12-13-20-27-34-41-48-64(69)77-54-62(83-66(71)50-43-36-29-22-15-18-25-32-39-46-59(4)5)56-81-85(73,74)79-52-61(68)53-80-86(75,76)82-57-63(84-67(72)51-44-37-30-23-16-19-26-33-40-47-60(6)7)55-78-65(70)49-42-35-28-21-14-17-24-31-38-45-58(2)3/h58-63,68H,8-57H2,1-7H3,(H,73,74)(H,75,76)/t61-,62+,63+/m0/s1. The van der Waals surface area contributed by atoms with E-state index < -0.39 is 97.5 Å². The lowest BCUT2D eigenvalue weighted by Gasteiger charge is -2.21. The van der Waals surface area contributed by atoms with Gasteiger partial charge < -0.3 is 33.8 Å². The number of unbranched alkanes of at least 4 members (excludes halogenated alkanes) is 33. The van der Waals surface area contributed by atoms with Crippen LogP contribution in [0.2, 0.25) is 0 Å². The number of ether oxygens (including phenoxy) is 4. The summed E-state index contributed by atoms with van der Waals surface area (Å²) in [6, 6.07) is 0. The van der Waals surface area contributed by atoms with Gasteiger partial charge in [-0.3, -0.25) is 37.3 Å². The highest BCUT2D eigenvalue weighted by molar-refractivity contribution is 7.47. The van der Waals surface area contributed by atoms with E-state index in [9.17, 15) is 43.2 Å². The number of esters is 4. The van der Waals surface area contributed by atoms with Gasteiger partial charge in [0.15, 0.2) is 12.2 Å². The molecule has 0 bridgehead atoms. The van der Waals surface area contributed by atoms with Crippen molar-refractivity contribution in [3.05, 3.63) is 0 Å². The lowest BCUT2D eigenvalue weighted by molar-refractivity contribution is -0.161. The molecule has 0 saturated carbocycles. The first kappa shape index (κ1) is 84.1. The summed E-state index contributed by atoms with van der Waals surface area (Å²) < 4.78 is 68.1. The van der Waals surface area contributed by atoms with Gasteiger partial charge in [0.1, 0.15) is 19.3 Å². The van der Waals surface area contributed by atoms with Crippen LogP contribution in [-0.4, -0.2) is 96.7 Å². The summed E-state index contributed by atoms with van der Waals surface area (Å²) in [6.45, 7) is 11.7. The molecule has 3 N–H and O–H groups in total. The molecular formula is C67H130O17P2. The molecule has 0 aromatic rings. The molecule has 0 aliphatic rings. The van der Waals surface area contributed by atoms with Crippen molar-refractivity contribution in [2.24, 2.45) is 17.8 Å². The largest absolute Gasteiger partial charge is 0.472 e. The molecule has 86 heavy (non-hydrogen) atoms. The van der Waals surface area contributed by atoms with Crippen LogP contribution in [0.4, 0.5) is 0 Å². The number of hydrogen-bond acceptors (Lipinski definition) is 15. The molecule has 0 radical (unpaired) electrons. The summed E-state index contributed by atoms with van der Waals surface area (Å²) >= 11 is 0. The molecule has 0 aliphatic carbocycles. The fourth-order valence-electron chi connectivity index (χ4n) is 10.0. The van der Waals surface area contributed by atoms with Crippen molar-refractivity contribution in [1.82, 2.24) is 0 Å². The maximum Gasteiger partial charge on any atom is 0.472 e. The van der Waals surface area contributed by atoms with Gasteiger partial charge in [-0.25, -0.2) is 9.13 Å². The molecule has 0 aliphatic heterocycles. The Morgan fingerprint density at radius 1 is 0.314 bits per heavy atom. The molecule has 510 valence electrons. The Bertz CT molecular complexity index is 1700. The molecule has 0 heterocycles. The maximum absolute atomic E-state index is 13.0. The average Bonchev–Trinajstić information content (AvgIpc) is 3.68. The summed E-state index contributed by atoms with van der Waals surface area (Å²) in [4.78, 5) is 72.4. The molecule has 0 aromatic carbocycles. The molecule has 2 unspecified atom stereocenters. The molecule has 0 aromatic heterocycles. The van der Waals surface area contributed by atoms with E-state index in [2.05, 4.69) is 48.5 Å². The van der Waals surface area contributed by atoms with Gasteiger partial charge in [0.25, 0.3) is 0 Å². The van der Waals surface area contributed by atoms with Gasteiger partial charge in [-0.05, 0) is 43.4 Å². The first-order valence-electron chi connectivity index (χ1n) is 34.8. The highest BCUT2D eigenvalue weighted by Gasteiger charge is 2.30. The summed E-state index contributed by atoms with van der Waals surface area (Å²) in [5, 5.41) is 10.6. The lowest BCUT2D eigenvalue weighted by Crippen LogP contribution is -2.30. The zero-order chi connectivity index (χ0) is 63.8. The van der Waals surface area contributed by atoms with Gasteiger partial charge >= 0.3 is 39.5 Å². The van der Waals surface area contributed by atoms with Gasteiger partial charge in [0.2, 0.25) is 0 Å². The van der Waals surface area contributed by atoms with E-state index in [1.807, 2.05) is 0 Å². The SMILES string of the molecule is CCCCCCCCCCCCC(=O)OC[C@H](COP(=O)(O)OC[C@H](O)COP(=O)(O)OC[C@@H](COC(=O)CCCCCCCCCCCC(C)C)OC(=O)CCCCCCCCCCCC(C)C)OC(=O)CCCCCCCCCCCC(C)C. The monoisotopic (exact) mass is 1270 g/mol. The number of carbonyl (C=O) groups is 4. The smallest absolute Gasteiger partial charge is 0.462 e. The Hall–Kier alpha value is -1.94. The van der Waals surface area contributed by atoms with Crippen molar-refractivity contribution in [2.45, 2.75) is 349 Å². The Morgan fingerprint density at radius 2 is 0.535 bits per heavy atom. The van der Waals surface area contributed by atoms with E-state index in [0.29, 0.717) is 25.7 Å². The van der Waals surface area contributed by atoms with Crippen LogP contribution in [0.5, 0.6) is 0 Å². The Labute approximate surface area is 524 Å².